The molecule has 278 valence electrons. The smallest absolute Gasteiger partial charge is 0.309 e. The Hall–Kier alpha value is -1.40. The van der Waals surface area contributed by atoms with Gasteiger partial charge < -0.3 is 13.6 Å². The van der Waals surface area contributed by atoms with Crippen LogP contribution in [0.4, 0.5) is 0 Å². The number of aryl methyl sites for hydroxylation is 1. The number of esters is 1. The summed E-state index contributed by atoms with van der Waals surface area (Å²) in [5.41, 5.74) is 0.975. The van der Waals surface area contributed by atoms with Gasteiger partial charge in [0, 0.05) is 16.7 Å². The van der Waals surface area contributed by atoms with Gasteiger partial charge in [-0.25, -0.2) is 4.98 Å². The summed E-state index contributed by atoms with van der Waals surface area (Å²) in [6.07, 6.45) is 8.12. The van der Waals surface area contributed by atoms with E-state index in [9.17, 15) is 9.59 Å². The second-order valence-electron chi connectivity index (χ2n) is 19.2. The molecule has 0 amide bonds. The summed E-state index contributed by atoms with van der Waals surface area (Å²) in [4.78, 5) is 33.6. The zero-order valence-corrected chi connectivity index (χ0v) is 36.8. The average Bonchev–Trinajstić information content (AvgIpc) is 3.39. The molecule has 2 aliphatic rings. The first-order valence-electron chi connectivity index (χ1n) is 18.5. The minimum absolute atomic E-state index is 0.00395. The number of ether oxygens (including phenoxy) is 1. The van der Waals surface area contributed by atoms with Crippen LogP contribution in [-0.4, -0.2) is 51.7 Å². The summed E-state index contributed by atoms with van der Waals surface area (Å²) in [6.45, 7) is 36.8. The first kappa shape index (κ1) is 42.0. The monoisotopic (exact) mass is 731 g/mol. The fourth-order valence-corrected chi connectivity index (χ4v) is 10.0. The lowest BCUT2D eigenvalue weighted by Crippen LogP contribution is -2.54. The Kier molecular flexibility index (Phi) is 12.8. The van der Waals surface area contributed by atoms with Gasteiger partial charge in [-0.05, 0) is 98.3 Å². The van der Waals surface area contributed by atoms with Gasteiger partial charge in [0.2, 0.25) is 0 Å². The summed E-state index contributed by atoms with van der Waals surface area (Å²) in [5, 5.41) is 2.95. The molecule has 1 aliphatic carbocycles. The summed E-state index contributed by atoms with van der Waals surface area (Å²) >= 11 is 1.62. The maximum absolute atomic E-state index is 14.9. The van der Waals surface area contributed by atoms with Gasteiger partial charge in [-0.15, -0.1) is 11.3 Å². The molecule has 9 heteroatoms. The Bertz CT molecular complexity index is 1400. The molecule has 3 rings (SSSR count). The largest absolute Gasteiger partial charge is 0.458 e. The maximum Gasteiger partial charge on any atom is 0.309 e. The molecule has 1 aromatic rings. The second-order valence-corrected chi connectivity index (χ2v) is 29.8. The number of hydrogen-bond donors (Lipinski definition) is 0. The number of nitrogens with zero attached hydrogens (tertiary/aromatic N) is 1. The lowest BCUT2D eigenvalue weighted by molar-refractivity contribution is -0.154. The average molecular weight is 732 g/mol. The minimum Gasteiger partial charge on any atom is -0.458 e. The molecule has 6 nitrogen and oxygen atoms in total. The van der Waals surface area contributed by atoms with Crippen molar-refractivity contribution in [1.29, 1.82) is 0 Å². The fourth-order valence-electron chi connectivity index (χ4n) is 6.53. The molecule has 7 atom stereocenters. The Morgan fingerprint density at radius 1 is 1.00 bits per heavy atom. The van der Waals surface area contributed by atoms with Crippen molar-refractivity contribution in [3.63, 3.8) is 0 Å². The van der Waals surface area contributed by atoms with Crippen LogP contribution in [0.15, 0.2) is 23.1 Å². The molecular formula is C40H69NO5SSi2. The van der Waals surface area contributed by atoms with Crippen LogP contribution in [0.1, 0.15) is 119 Å². The van der Waals surface area contributed by atoms with Gasteiger partial charge in [-0.2, -0.15) is 0 Å². The van der Waals surface area contributed by atoms with E-state index in [1.807, 2.05) is 40.0 Å². The number of rotatable bonds is 6. The van der Waals surface area contributed by atoms with Crippen molar-refractivity contribution in [1.82, 2.24) is 4.98 Å². The van der Waals surface area contributed by atoms with Crippen LogP contribution in [0.25, 0.3) is 6.08 Å². The number of ketones is 1. The minimum atomic E-state index is -2.39. The van der Waals surface area contributed by atoms with Gasteiger partial charge >= 0.3 is 5.97 Å². The number of carbonyl (C=O) groups excluding carboxylic acids is 2. The summed E-state index contributed by atoms with van der Waals surface area (Å²) in [7, 11) is -4.61. The third-order valence-electron chi connectivity index (χ3n) is 12.5. The molecule has 2 heterocycles. The fraction of sp³-hybridized carbons (Fsp3) is 0.775. The van der Waals surface area contributed by atoms with Crippen LogP contribution < -0.4 is 0 Å². The van der Waals surface area contributed by atoms with E-state index in [0.717, 1.165) is 35.5 Å². The van der Waals surface area contributed by atoms with Crippen LogP contribution in [0, 0.1) is 35.5 Å². The number of allylic oxidation sites excluding steroid dienone is 2. The van der Waals surface area contributed by atoms with Gasteiger partial charge in [0.15, 0.2) is 16.6 Å². The van der Waals surface area contributed by atoms with Crippen molar-refractivity contribution < 1.29 is 23.2 Å². The normalized spacial score (nSPS) is 31.3. The molecule has 0 N–H and O–H groups in total. The van der Waals surface area contributed by atoms with Crippen LogP contribution in [0.5, 0.6) is 0 Å². The number of Topliss-reactive ketones (excluding diaryl/α,β-unsaturated/α-hetero) is 1. The second kappa shape index (κ2) is 14.9. The number of aromatic nitrogens is 1. The van der Waals surface area contributed by atoms with Crippen LogP contribution in [0.3, 0.4) is 0 Å². The van der Waals surface area contributed by atoms with Crippen molar-refractivity contribution >= 4 is 45.8 Å². The van der Waals surface area contributed by atoms with Gasteiger partial charge in [-0.3, -0.25) is 9.59 Å². The van der Waals surface area contributed by atoms with Gasteiger partial charge in [0.1, 0.15) is 11.9 Å². The molecule has 0 spiro atoms. The van der Waals surface area contributed by atoms with Gasteiger partial charge in [0.25, 0.3) is 0 Å². The summed E-state index contributed by atoms with van der Waals surface area (Å²) in [5.74, 6) is -0.0854. The van der Waals surface area contributed by atoms with Crippen LogP contribution in [0.2, 0.25) is 36.3 Å². The van der Waals surface area contributed by atoms with Crippen LogP contribution >= 0.6 is 11.3 Å². The number of fused-ring (bicyclic) bond motifs is 1. The third-order valence-corrected chi connectivity index (χ3v) is 22.2. The predicted molar refractivity (Wildman–Crippen MR) is 211 cm³/mol. The van der Waals surface area contributed by atoms with Crippen molar-refractivity contribution in [2.24, 2.45) is 28.6 Å². The SMILES string of the molecule is CC(=Cc1csc(C)n1)[C@@H]1C[C@@H]2C[C@]2(C)C=CC[C@H](C)[C@H](O[Si](C)(C)C(C)(C)C)[C@@H](C)C(=O)C(C)(C)[C@@H](O[Si](C)(C)C(C)(C)C)CC(=O)O1. The van der Waals surface area contributed by atoms with Crippen molar-refractivity contribution in [3.05, 3.63) is 33.8 Å². The summed E-state index contributed by atoms with van der Waals surface area (Å²) < 4.78 is 20.6. The summed E-state index contributed by atoms with van der Waals surface area (Å²) in [6, 6.07) is 0. The highest BCUT2D eigenvalue weighted by molar-refractivity contribution is 7.09. The molecular weight excluding hydrogens is 663 g/mol. The molecule has 0 bridgehead atoms. The van der Waals surface area contributed by atoms with E-state index in [4.69, 9.17) is 13.6 Å². The molecule has 1 aliphatic heterocycles. The number of thiazole rings is 1. The molecule has 1 aromatic heterocycles. The molecule has 0 unspecified atom stereocenters. The number of cyclic esters (lactones) is 1. The Labute approximate surface area is 305 Å². The molecule has 0 aromatic carbocycles. The predicted octanol–water partition coefficient (Wildman–Crippen LogP) is 11.2. The Morgan fingerprint density at radius 3 is 2.10 bits per heavy atom. The Morgan fingerprint density at radius 2 is 1.57 bits per heavy atom. The van der Waals surface area contributed by atoms with E-state index >= 15 is 0 Å². The van der Waals surface area contributed by atoms with E-state index in [0.29, 0.717) is 5.92 Å². The number of hydrogen-bond acceptors (Lipinski definition) is 7. The van der Waals surface area contributed by atoms with Crippen molar-refractivity contribution in [3.8, 4) is 0 Å². The van der Waals surface area contributed by atoms with E-state index in [1.165, 1.54) is 0 Å². The maximum atomic E-state index is 14.9. The quantitative estimate of drug-likeness (QED) is 0.165. The van der Waals surface area contributed by atoms with Crippen LogP contribution in [-0.2, 0) is 23.2 Å². The highest BCUT2D eigenvalue weighted by atomic mass is 32.1. The van der Waals surface area contributed by atoms with Gasteiger partial charge in [-0.1, -0.05) is 88.3 Å². The molecule has 49 heavy (non-hydrogen) atoms. The first-order valence-corrected chi connectivity index (χ1v) is 25.2. The zero-order valence-electron chi connectivity index (χ0n) is 34.0. The van der Waals surface area contributed by atoms with E-state index in [1.54, 1.807) is 11.3 Å². The topological polar surface area (TPSA) is 74.7 Å². The molecule has 1 saturated carbocycles. The highest BCUT2D eigenvalue weighted by Crippen LogP contribution is 2.57. The number of carbonyl (C=O) groups is 2. The molecule has 1 fully saturated rings. The molecule has 0 radical (unpaired) electrons. The van der Waals surface area contributed by atoms with E-state index in [2.05, 4.69) is 105 Å². The molecule has 0 saturated heterocycles. The third kappa shape index (κ3) is 10.1. The Balaban J connectivity index is 2.12. The van der Waals surface area contributed by atoms with Crippen molar-refractivity contribution in [2.45, 2.75) is 170 Å². The zero-order chi connectivity index (χ0) is 37.5. The first-order chi connectivity index (χ1) is 22.1. The van der Waals surface area contributed by atoms with E-state index < -0.39 is 28.2 Å². The lowest BCUT2D eigenvalue weighted by atomic mass is 9.73. The lowest BCUT2D eigenvalue weighted by Gasteiger charge is -2.46. The van der Waals surface area contributed by atoms with E-state index in [-0.39, 0.29) is 57.7 Å². The highest BCUT2D eigenvalue weighted by Gasteiger charge is 2.52. The van der Waals surface area contributed by atoms with Crippen molar-refractivity contribution in [2.75, 3.05) is 0 Å². The van der Waals surface area contributed by atoms with Gasteiger partial charge in [0.05, 0.1) is 29.3 Å². The standard InChI is InChI=1S/C40H69NO5SSi2/c1-26-19-18-20-40(13)24-30(40)22-32(27(2)21-31-25-47-29(4)41-31)44-34(42)23-33(45-48(14,15)37(5,6)7)39(11,12)36(43)28(3)35(26)46-49(16,17)38(8,9)10/h18,20-21,25-26,28,30,32-33,35H,19,22-24H2,1-17H3/t26-,28+,30+,32-,33-,35-,40-/m0/s1.